The summed E-state index contributed by atoms with van der Waals surface area (Å²) < 4.78 is 7.00. The Labute approximate surface area is 214 Å². The van der Waals surface area contributed by atoms with Crippen molar-refractivity contribution >= 4 is 21.9 Å². The van der Waals surface area contributed by atoms with Crippen molar-refractivity contribution < 1.29 is 4.42 Å². The van der Waals surface area contributed by atoms with Crippen molar-refractivity contribution in [1.82, 2.24) is 4.98 Å². The van der Waals surface area contributed by atoms with E-state index in [1.165, 1.54) is 38.6 Å². The summed E-state index contributed by atoms with van der Waals surface area (Å²) in [5, 5.41) is 2.39. The first-order valence-electron chi connectivity index (χ1n) is 13.3. The molecule has 36 heavy (non-hydrogen) atoms. The van der Waals surface area contributed by atoms with Crippen molar-refractivity contribution in [3.63, 3.8) is 0 Å². The van der Waals surface area contributed by atoms with Gasteiger partial charge in [-0.25, -0.2) is 0 Å². The maximum absolute atomic E-state index is 7.00. The van der Waals surface area contributed by atoms with Crippen molar-refractivity contribution in [3.05, 3.63) is 89.1 Å². The Balaban J connectivity index is 1.72. The predicted molar refractivity (Wildman–Crippen MR) is 152 cm³/mol. The fourth-order valence-corrected chi connectivity index (χ4v) is 6.81. The lowest BCUT2D eigenvalue weighted by molar-refractivity contribution is 0.337. The van der Waals surface area contributed by atoms with E-state index < -0.39 is 0 Å². The molecule has 2 nitrogen and oxygen atoms in total. The van der Waals surface area contributed by atoms with Gasteiger partial charge in [0.1, 0.15) is 11.2 Å². The monoisotopic (exact) mass is 473 g/mol. The van der Waals surface area contributed by atoms with Gasteiger partial charge in [0.25, 0.3) is 0 Å². The third-order valence-corrected chi connectivity index (χ3v) is 7.91. The van der Waals surface area contributed by atoms with Crippen molar-refractivity contribution in [3.8, 4) is 22.4 Å². The smallest absolute Gasteiger partial charge is 0.145 e. The Morgan fingerprint density at radius 3 is 2.14 bits per heavy atom. The minimum Gasteiger partial charge on any atom is -0.455 e. The van der Waals surface area contributed by atoms with Gasteiger partial charge >= 0.3 is 0 Å². The molecule has 0 aliphatic heterocycles. The van der Waals surface area contributed by atoms with Crippen molar-refractivity contribution in [1.29, 1.82) is 0 Å². The van der Waals surface area contributed by atoms with Crippen LogP contribution in [0.5, 0.6) is 0 Å². The highest BCUT2D eigenvalue weighted by Crippen LogP contribution is 2.58. The van der Waals surface area contributed by atoms with Crippen LogP contribution in [0.2, 0.25) is 0 Å². The van der Waals surface area contributed by atoms with E-state index in [9.17, 15) is 0 Å². The zero-order valence-electron chi connectivity index (χ0n) is 22.3. The van der Waals surface area contributed by atoms with Crippen LogP contribution in [-0.4, -0.2) is 4.98 Å². The molecule has 1 aliphatic carbocycles. The van der Waals surface area contributed by atoms with Crippen LogP contribution < -0.4 is 0 Å². The summed E-state index contributed by atoms with van der Waals surface area (Å²) in [5.41, 5.74) is 11.9. The molecule has 182 valence electrons. The van der Waals surface area contributed by atoms with Crippen LogP contribution in [0.3, 0.4) is 0 Å². The first kappa shape index (κ1) is 23.0. The fourth-order valence-electron chi connectivity index (χ4n) is 6.81. The summed E-state index contributed by atoms with van der Waals surface area (Å²) in [6.45, 7) is 13.6. The molecular formula is C34H35NO. The first-order valence-corrected chi connectivity index (χ1v) is 13.3. The molecule has 0 saturated heterocycles. The normalized spacial score (nSPS) is 14.2. The molecule has 0 spiro atoms. The van der Waals surface area contributed by atoms with Crippen LogP contribution in [0.15, 0.2) is 71.3 Å². The highest BCUT2D eigenvalue weighted by Gasteiger charge is 2.46. The largest absolute Gasteiger partial charge is 0.455 e. The second kappa shape index (κ2) is 8.34. The van der Waals surface area contributed by atoms with Gasteiger partial charge in [0.05, 0.1) is 5.69 Å². The third kappa shape index (κ3) is 3.34. The number of pyridine rings is 1. The topological polar surface area (TPSA) is 26.0 Å². The molecule has 0 atom stereocenters. The van der Waals surface area contributed by atoms with E-state index in [1.807, 2.05) is 6.20 Å². The Hall–Kier alpha value is -3.39. The number of aryl methyl sites for hydroxylation is 2. The minimum atomic E-state index is -0.0566. The molecule has 0 radical (unpaired) electrons. The van der Waals surface area contributed by atoms with E-state index in [0.29, 0.717) is 11.8 Å². The van der Waals surface area contributed by atoms with Crippen LogP contribution in [0.1, 0.15) is 62.8 Å². The van der Waals surface area contributed by atoms with Gasteiger partial charge in [-0.15, -0.1) is 0 Å². The van der Waals surface area contributed by atoms with E-state index >= 15 is 0 Å². The Bertz CT molecular complexity index is 1590. The molecule has 0 N–H and O–H groups in total. The third-order valence-electron chi connectivity index (χ3n) is 7.91. The summed E-state index contributed by atoms with van der Waals surface area (Å²) in [6, 6.07) is 22.4. The number of furan rings is 1. The van der Waals surface area contributed by atoms with Crippen molar-refractivity contribution in [2.75, 3.05) is 0 Å². The second-order valence-electron chi connectivity index (χ2n) is 11.6. The summed E-state index contributed by atoms with van der Waals surface area (Å²) in [5.74, 6) is 1.13. The van der Waals surface area contributed by atoms with Gasteiger partial charge < -0.3 is 4.42 Å². The van der Waals surface area contributed by atoms with E-state index in [0.717, 1.165) is 40.8 Å². The maximum atomic E-state index is 7.00. The van der Waals surface area contributed by atoms with Crippen LogP contribution in [0.4, 0.5) is 0 Å². The van der Waals surface area contributed by atoms with Gasteiger partial charge in [0.2, 0.25) is 0 Å². The van der Waals surface area contributed by atoms with Gasteiger partial charge in [-0.1, -0.05) is 76.2 Å². The van der Waals surface area contributed by atoms with E-state index in [1.54, 1.807) is 0 Å². The molecule has 6 rings (SSSR count). The lowest BCUT2D eigenvalue weighted by atomic mass is 9.67. The zero-order chi connectivity index (χ0) is 25.2. The Kier molecular flexibility index (Phi) is 5.33. The number of fused-ring (bicyclic) bond motifs is 7. The number of rotatable bonds is 5. The van der Waals surface area contributed by atoms with Gasteiger partial charge in [-0.3, -0.25) is 4.98 Å². The van der Waals surface area contributed by atoms with Crippen LogP contribution in [0.25, 0.3) is 44.3 Å². The molecule has 0 saturated carbocycles. The lowest BCUT2D eigenvalue weighted by Gasteiger charge is -2.35. The van der Waals surface area contributed by atoms with Crippen LogP contribution in [0, 0.1) is 25.7 Å². The minimum absolute atomic E-state index is 0.0566. The maximum Gasteiger partial charge on any atom is 0.145 e. The molecular weight excluding hydrogens is 438 g/mol. The Morgan fingerprint density at radius 1 is 0.750 bits per heavy atom. The highest BCUT2D eigenvalue weighted by atomic mass is 16.3. The standard InChI is InChI=1S/C34H35NO/c1-20(2)17-34(18-21(3)4)28-10-8-7-9-24(28)25-14-15-27-26-13-12-23(6)30(29-16-11-22(5)19-35-29)32(26)36-33(27)31(25)34/h7-16,19-21H,17-18H2,1-6H3. The van der Waals surface area contributed by atoms with E-state index in [2.05, 4.69) is 102 Å². The van der Waals surface area contributed by atoms with Gasteiger partial charge in [0, 0.05) is 33.5 Å². The molecule has 2 aromatic heterocycles. The molecule has 3 aromatic carbocycles. The molecule has 1 aliphatic rings. The fraction of sp³-hybridized carbons (Fsp3) is 0.324. The van der Waals surface area contributed by atoms with Gasteiger partial charge in [0.15, 0.2) is 0 Å². The number of nitrogens with zero attached hydrogens (tertiary/aromatic N) is 1. The number of benzene rings is 3. The SMILES string of the molecule is Cc1ccc(-c2c(C)ccc3c2oc2c4c(ccc23)-c2ccccc2C4(CC(C)C)CC(C)C)nc1. The van der Waals surface area contributed by atoms with Gasteiger partial charge in [-0.2, -0.15) is 0 Å². The average Bonchev–Trinajstić information content (AvgIpc) is 3.33. The molecule has 0 unspecified atom stereocenters. The number of aromatic nitrogens is 1. The van der Waals surface area contributed by atoms with E-state index in [-0.39, 0.29) is 5.41 Å². The lowest BCUT2D eigenvalue weighted by Crippen LogP contribution is -2.29. The summed E-state index contributed by atoms with van der Waals surface area (Å²) in [4.78, 5) is 4.78. The quantitative estimate of drug-likeness (QED) is 0.254. The van der Waals surface area contributed by atoms with E-state index in [4.69, 9.17) is 9.40 Å². The van der Waals surface area contributed by atoms with Crippen molar-refractivity contribution in [2.24, 2.45) is 11.8 Å². The first-order chi connectivity index (χ1) is 17.3. The number of hydrogen-bond donors (Lipinski definition) is 0. The molecule has 0 fully saturated rings. The van der Waals surface area contributed by atoms with Crippen LogP contribution in [-0.2, 0) is 5.41 Å². The average molecular weight is 474 g/mol. The Morgan fingerprint density at radius 2 is 1.44 bits per heavy atom. The molecule has 5 aromatic rings. The van der Waals surface area contributed by atoms with Crippen LogP contribution >= 0.6 is 0 Å². The number of hydrogen-bond acceptors (Lipinski definition) is 2. The predicted octanol–water partition coefficient (Wildman–Crippen LogP) is 9.62. The summed E-state index contributed by atoms with van der Waals surface area (Å²) >= 11 is 0. The molecule has 0 amide bonds. The molecule has 2 heterocycles. The molecule has 0 bridgehead atoms. The highest BCUT2D eigenvalue weighted by molar-refractivity contribution is 6.12. The summed E-state index contributed by atoms with van der Waals surface area (Å²) in [7, 11) is 0. The second-order valence-corrected chi connectivity index (χ2v) is 11.6. The van der Waals surface area contributed by atoms with Crippen molar-refractivity contribution in [2.45, 2.75) is 59.8 Å². The summed E-state index contributed by atoms with van der Waals surface area (Å²) in [6.07, 6.45) is 4.16. The zero-order valence-corrected chi connectivity index (χ0v) is 22.3. The van der Waals surface area contributed by atoms with Gasteiger partial charge in [-0.05, 0) is 78.5 Å². The molecule has 2 heteroatoms.